The minimum atomic E-state index is -0.653. The van der Waals surface area contributed by atoms with Gasteiger partial charge in [-0.15, -0.1) is 11.3 Å². The van der Waals surface area contributed by atoms with Gasteiger partial charge in [-0.05, 0) is 36.6 Å². The normalized spacial score (nSPS) is 17.9. The molecule has 0 bridgehead atoms. The third-order valence-corrected chi connectivity index (χ3v) is 7.16. The highest BCUT2D eigenvalue weighted by molar-refractivity contribution is 7.10. The molecule has 1 aromatic carbocycles. The number of imide groups is 1. The minimum absolute atomic E-state index is 0.213. The molecule has 0 spiro atoms. The molecule has 3 heterocycles. The Morgan fingerprint density at radius 3 is 2.72 bits per heavy atom. The van der Waals surface area contributed by atoms with Gasteiger partial charge in [-0.1, -0.05) is 17.7 Å². The van der Waals surface area contributed by atoms with E-state index < -0.39 is 11.9 Å². The van der Waals surface area contributed by atoms with Crippen molar-refractivity contribution in [1.29, 1.82) is 0 Å². The zero-order valence-electron chi connectivity index (χ0n) is 18.0. The third kappa shape index (κ3) is 3.98. The number of anilines is 1. The van der Waals surface area contributed by atoms with Gasteiger partial charge in [0.2, 0.25) is 11.8 Å². The van der Waals surface area contributed by atoms with Gasteiger partial charge in [0.1, 0.15) is 6.04 Å². The lowest BCUT2D eigenvalue weighted by Crippen LogP contribution is -2.52. The summed E-state index contributed by atoms with van der Waals surface area (Å²) in [7, 11) is 3.37. The number of nitrogens with zero attached hydrogens (tertiary/aromatic N) is 3. The summed E-state index contributed by atoms with van der Waals surface area (Å²) in [6, 6.07) is 4.63. The Bertz CT molecular complexity index is 1130. The van der Waals surface area contributed by atoms with Gasteiger partial charge < -0.3 is 9.80 Å². The van der Waals surface area contributed by atoms with Gasteiger partial charge in [0, 0.05) is 37.3 Å². The van der Waals surface area contributed by atoms with Crippen molar-refractivity contribution in [3.05, 3.63) is 50.2 Å². The molecule has 1 N–H and O–H groups in total. The molecule has 5 amide bonds. The molecule has 1 saturated heterocycles. The number of benzene rings is 1. The summed E-state index contributed by atoms with van der Waals surface area (Å²) < 4.78 is 0. The van der Waals surface area contributed by atoms with E-state index in [1.807, 2.05) is 25.1 Å². The van der Waals surface area contributed by atoms with Gasteiger partial charge in [0.05, 0.1) is 22.8 Å². The van der Waals surface area contributed by atoms with E-state index in [1.54, 1.807) is 24.4 Å². The van der Waals surface area contributed by atoms with E-state index >= 15 is 0 Å². The first kappa shape index (κ1) is 22.3. The zero-order valence-corrected chi connectivity index (χ0v) is 19.5. The van der Waals surface area contributed by atoms with Crippen molar-refractivity contribution >= 4 is 52.4 Å². The quantitative estimate of drug-likeness (QED) is 0.689. The molecule has 2 aliphatic heterocycles. The van der Waals surface area contributed by atoms with Crippen molar-refractivity contribution in [1.82, 2.24) is 15.1 Å². The van der Waals surface area contributed by atoms with Crippen molar-refractivity contribution in [2.75, 3.05) is 19.0 Å². The lowest BCUT2D eigenvalue weighted by molar-refractivity contribution is -0.136. The maximum atomic E-state index is 13.0. The molecular weight excluding hydrogens is 452 g/mol. The summed E-state index contributed by atoms with van der Waals surface area (Å²) in [5, 5.41) is 4.58. The SMILES string of the molecule is Cc1ccc(N(C)C(=O)N(C)Cc2scc3c2CN(C2CCC(=O)NC2=O)C3=O)c(Cl)c1. The molecule has 1 unspecified atom stereocenters. The number of aryl methyl sites for hydroxylation is 1. The topological polar surface area (TPSA) is 90.0 Å². The van der Waals surface area contributed by atoms with E-state index in [0.29, 0.717) is 35.8 Å². The first-order chi connectivity index (χ1) is 15.2. The average molecular weight is 475 g/mol. The smallest absolute Gasteiger partial charge is 0.322 e. The molecule has 0 aliphatic carbocycles. The lowest BCUT2D eigenvalue weighted by atomic mass is 10.0. The molecule has 32 heavy (non-hydrogen) atoms. The van der Waals surface area contributed by atoms with Crippen LogP contribution in [0.3, 0.4) is 0 Å². The summed E-state index contributed by atoms with van der Waals surface area (Å²) >= 11 is 7.74. The highest BCUT2D eigenvalue weighted by Crippen LogP contribution is 2.34. The number of hydrogen-bond donors (Lipinski definition) is 1. The number of piperidine rings is 1. The van der Waals surface area contributed by atoms with Gasteiger partial charge in [-0.3, -0.25) is 24.6 Å². The van der Waals surface area contributed by atoms with Crippen LogP contribution >= 0.6 is 22.9 Å². The molecule has 1 atom stereocenters. The van der Waals surface area contributed by atoms with Crippen LogP contribution in [-0.4, -0.2) is 53.7 Å². The third-order valence-electron chi connectivity index (χ3n) is 5.85. The molecule has 4 rings (SSSR count). The van der Waals surface area contributed by atoms with Crippen molar-refractivity contribution in [3.8, 4) is 0 Å². The Balaban J connectivity index is 1.48. The number of hydrogen-bond acceptors (Lipinski definition) is 5. The van der Waals surface area contributed by atoms with Crippen molar-refractivity contribution in [2.45, 2.75) is 38.9 Å². The number of rotatable bonds is 4. The van der Waals surface area contributed by atoms with Crippen molar-refractivity contribution < 1.29 is 19.2 Å². The molecule has 168 valence electrons. The predicted octanol–water partition coefficient (Wildman–Crippen LogP) is 3.16. The standard InChI is InChI=1S/C22H23ClN4O4S/c1-12-4-5-16(15(23)8-12)26(3)22(31)25(2)10-18-13-9-27(21(30)14(13)11-32-18)17-6-7-19(28)24-20(17)29/h4-5,8,11,17H,6-7,9-10H2,1-3H3,(H,24,28,29). The average Bonchev–Trinajstić information content (AvgIpc) is 3.27. The first-order valence-corrected chi connectivity index (χ1v) is 11.4. The second-order valence-corrected chi connectivity index (χ2v) is 9.47. The Morgan fingerprint density at radius 1 is 1.28 bits per heavy atom. The maximum absolute atomic E-state index is 13.0. The first-order valence-electron chi connectivity index (χ1n) is 10.2. The van der Waals surface area contributed by atoms with Crippen LogP contribution in [0.15, 0.2) is 23.6 Å². The highest BCUT2D eigenvalue weighted by atomic mass is 35.5. The van der Waals surface area contributed by atoms with Crippen LogP contribution in [0.4, 0.5) is 10.5 Å². The molecule has 8 nitrogen and oxygen atoms in total. The number of carbonyl (C=O) groups excluding carboxylic acids is 4. The number of carbonyl (C=O) groups is 4. The molecule has 10 heteroatoms. The van der Waals surface area contributed by atoms with E-state index in [-0.39, 0.29) is 24.3 Å². The summed E-state index contributed by atoms with van der Waals surface area (Å²) in [6.07, 6.45) is 0.533. The number of nitrogens with one attached hydrogen (secondary N) is 1. The summed E-state index contributed by atoms with van der Waals surface area (Å²) in [5.41, 5.74) is 3.02. The molecule has 0 radical (unpaired) electrons. The molecule has 2 aliphatic rings. The fourth-order valence-corrected chi connectivity index (χ4v) is 5.51. The highest BCUT2D eigenvalue weighted by Gasteiger charge is 2.40. The predicted molar refractivity (Wildman–Crippen MR) is 122 cm³/mol. The monoisotopic (exact) mass is 474 g/mol. The van der Waals surface area contributed by atoms with E-state index in [1.165, 1.54) is 21.1 Å². The van der Waals surface area contributed by atoms with Crippen LogP contribution in [0.25, 0.3) is 0 Å². The van der Waals surface area contributed by atoms with Gasteiger partial charge in [0.25, 0.3) is 5.91 Å². The summed E-state index contributed by atoms with van der Waals surface area (Å²) in [4.78, 5) is 55.0. The zero-order chi connectivity index (χ0) is 23.2. The Kier molecular flexibility index (Phi) is 5.96. The van der Waals surface area contributed by atoms with Gasteiger partial charge in [-0.2, -0.15) is 0 Å². The minimum Gasteiger partial charge on any atom is -0.322 e. The number of amides is 5. The van der Waals surface area contributed by atoms with Gasteiger partial charge in [-0.25, -0.2) is 4.79 Å². The number of fused-ring (bicyclic) bond motifs is 1. The number of thiophene rings is 1. The van der Waals surface area contributed by atoms with Crippen LogP contribution in [0, 0.1) is 6.92 Å². The number of urea groups is 1. The second-order valence-electron chi connectivity index (χ2n) is 8.10. The summed E-state index contributed by atoms with van der Waals surface area (Å²) in [5.74, 6) is -0.964. The number of halogens is 1. The van der Waals surface area contributed by atoms with Crippen LogP contribution in [0.5, 0.6) is 0 Å². The van der Waals surface area contributed by atoms with E-state index in [9.17, 15) is 19.2 Å². The van der Waals surface area contributed by atoms with E-state index in [4.69, 9.17) is 11.6 Å². The fourth-order valence-electron chi connectivity index (χ4n) is 4.06. The largest absolute Gasteiger partial charge is 0.324 e. The van der Waals surface area contributed by atoms with Gasteiger partial charge >= 0.3 is 6.03 Å². The fraction of sp³-hybridized carbons (Fsp3) is 0.364. The molecule has 1 fully saturated rings. The van der Waals surface area contributed by atoms with Crippen LogP contribution in [0.2, 0.25) is 5.02 Å². The van der Waals surface area contributed by atoms with Crippen molar-refractivity contribution in [3.63, 3.8) is 0 Å². The molecule has 2 aromatic rings. The molecular formula is C22H23ClN4O4S. The van der Waals surface area contributed by atoms with E-state index in [0.717, 1.165) is 16.0 Å². The second kappa shape index (κ2) is 8.55. The Hall–Kier alpha value is -2.91. The van der Waals surface area contributed by atoms with Gasteiger partial charge in [0.15, 0.2) is 0 Å². The lowest BCUT2D eigenvalue weighted by Gasteiger charge is -2.29. The van der Waals surface area contributed by atoms with Crippen molar-refractivity contribution in [2.24, 2.45) is 0 Å². The maximum Gasteiger partial charge on any atom is 0.324 e. The Labute approximate surface area is 194 Å². The Morgan fingerprint density at radius 2 is 2.03 bits per heavy atom. The van der Waals surface area contributed by atoms with Crippen LogP contribution < -0.4 is 10.2 Å². The molecule has 0 saturated carbocycles. The molecule has 1 aromatic heterocycles. The van der Waals surface area contributed by atoms with Crippen LogP contribution in [-0.2, 0) is 22.7 Å². The summed E-state index contributed by atoms with van der Waals surface area (Å²) in [6.45, 7) is 2.55. The van der Waals surface area contributed by atoms with Crippen LogP contribution in [0.1, 0.15) is 39.2 Å². The van der Waals surface area contributed by atoms with E-state index in [2.05, 4.69) is 5.32 Å².